The normalized spacial score (nSPS) is 16.7. The average molecular weight is 483 g/mol. The van der Waals surface area contributed by atoms with Gasteiger partial charge in [0.15, 0.2) is 0 Å². The fourth-order valence-electron chi connectivity index (χ4n) is 5.21. The first-order valence-corrected chi connectivity index (χ1v) is 13.3. The fourth-order valence-corrected chi connectivity index (χ4v) is 5.21. The summed E-state index contributed by atoms with van der Waals surface area (Å²) >= 11 is 0. The van der Waals surface area contributed by atoms with Gasteiger partial charge < -0.3 is 5.32 Å². The molecule has 188 valence electrons. The molecule has 1 aliphatic heterocycles. The van der Waals surface area contributed by atoms with Gasteiger partial charge in [-0.2, -0.15) is 0 Å². The van der Waals surface area contributed by atoms with Crippen LogP contribution in [-0.2, 0) is 12.8 Å². The van der Waals surface area contributed by atoms with Gasteiger partial charge in [0.25, 0.3) is 5.91 Å². The van der Waals surface area contributed by atoms with Crippen molar-refractivity contribution in [2.75, 3.05) is 13.1 Å². The van der Waals surface area contributed by atoms with Gasteiger partial charge in [0.2, 0.25) is 0 Å². The summed E-state index contributed by atoms with van der Waals surface area (Å²) in [6.45, 7) is 12.5. The lowest BCUT2D eigenvalue weighted by Gasteiger charge is -2.21. The molecule has 5 nitrogen and oxygen atoms in total. The summed E-state index contributed by atoms with van der Waals surface area (Å²) in [4.78, 5) is 22.5. The number of nitrogens with one attached hydrogen (secondary N) is 1. The van der Waals surface area contributed by atoms with Crippen LogP contribution in [0.25, 0.3) is 11.2 Å². The first kappa shape index (κ1) is 24.5. The number of imidazole rings is 1. The van der Waals surface area contributed by atoms with E-state index in [2.05, 4.69) is 80.9 Å². The Morgan fingerprint density at radius 1 is 1.17 bits per heavy atom. The lowest BCUT2D eigenvalue weighted by atomic mass is 9.85. The largest absolute Gasteiger partial charge is 0.352 e. The summed E-state index contributed by atoms with van der Waals surface area (Å²) in [5, 5.41) is 3.14. The van der Waals surface area contributed by atoms with Crippen molar-refractivity contribution in [1.82, 2.24) is 14.7 Å². The van der Waals surface area contributed by atoms with Crippen LogP contribution < -0.4 is 5.32 Å². The zero-order valence-corrected chi connectivity index (χ0v) is 22.3. The van der Waals surface area contributed by atoms with Crippen molar-refractivity contribution in [2.24, 2.45) is 15.8 Å². The van der Waals surface area contributed by atoms with Gasteiger partial charge in [-0.25, -0.2) is 4.98 Å². The number of benzene rings is 1. The molecule has 5 heteroatoms. The molecule has 0 radical (unpaired) electrons. The molecular weight excluding hydrogens is 444 g/mol. The monoisotopic (exact) mass is 482 g/mol. The second kappa shape index (κ2) is 9.34. The summed E-state index contributed by atoms with van der Waals surface area (Å²) in [6.07, 6.45) is 11.5. The molecule has 1 amide bonds. The number of nitrogens with zero attached hydrogens (tertiary/aromatic N) is 3. The second-order valence-electron chi connectivity index (χ2n) is 11.8. The van der Waals surface area contributed by atoms with Gasteiger partial charge >= 0.3 is 0 Å². The molecule has 5 rings (SSSR count). The lowest BCUT2D eigenvalue weighted by molar-refractivity contribution is 0.0950. The Morgan fingerprint density at radius 3 is 2.69 bits per heavy atom. The highest BCUT2D eigenvalue weighted by atomic mass is 16.1. The molecule has 0 atom stereocenters. The predicted octanol–water partition coefficient (Wildman–Crippen LogP) is 6.29. The van der Waals surface area contributed by atoms with Gasteiger partial charge in [-0.1, -0.05) is 58.9 Å². The third-order valence-corrected chi connectivity index (χ3v) is 7.71. The summed E-state index contributed by atoms with van der Waals surface area (Å²) in [6, 6.07) is 10.5. The van der Waals surface area contributed by atoms with Gasteiger partial charge in [0.05, 0.1) is 18.4 Å². The minimum absolute atomic E-state index is 0.00938. The number of carbonyl (C=O) groups is 1. The van der Waals surface area contributed by atoms with Crippen molar-refractivity contribution in [2.45, 2.75) is 66.7 Å². The van der Waals surface area contributed by atoms with Gasteiger partial charge in [0.1, 0.15) is 5.65 Å². The summed E-state index contributed by atoms with van der Waals surface area (Å²) in [7, 11) is 0. The molecule has 0 bridgehead atoms. The van der Waals surface area contributed by atoms with Crippen LogP contribution in [-0.4, -0.2) is 34.1 Å². The number of aromatic nitrogens is 2. The number of pyridine rings is 1. The van der Waals surface area contributed by atoms with Crippen molar-refractivity contribution < 1.29 is 4.79 Å². The van der Waals surface area contributed by atoms with Crippen LogP contribution in [0.3, 0.4) is 0 Å². The average Bonchev–Trinajstić information content (AvgIpc) is 3.23. The maximum absolute atomic E-state index is 12.9. The quantitative estimate of drug-likeness (QED) is 0.410. The van der Waals surface area contributed by atoms with E-state index in [0.29, 0.717) is 5.41 Å². The molecule has 2 aromatic heterocycles. The van der Waals surface area contributed by atoms with Crippen molar-refractivity contribution >= 4 is 22.8 Å². The number of rotatable bonds is 8. The van der Waals surface area contributed by atoms with Crippen molar-refractivity contribution in [3.8, 4) is 0 Å². The van der Waals surface area contributed by atoms with Crippen LogP contribution in [0.1, 0.15) is 86.6 Å². The van der Waals surface area contributed by atoms with Crippen molar-refractivity contribution in [3.05, 3.63) is 76.7 Å². The highest BCUT2D eigenvalue weighted by Gasteiger charge is 2.36. The number of hydrogen-bond acceptors (Lipinski definition) is 3. The van der Waals surface area contributed by atoms with Gasteiger partial charge in [-0.3, -0.25) is 14.2 Å². The molecule has 3 aromatic rings. The minimum Gasteiger partial charge on any atom is -0.352 e. The number of carbonyl (C=O) groups excluding carboxylic acids is 1. The van der Waals surface area contributed by atoms with Crippen LogP contribution in [0, 0.1) is 10.8 Å². The van der Waals surface area contributed by atoms with Crippen LogP contribution >= 0.6 is 0 Å². The smallest absolute Gasteiger partial charge is 0.251 e. The number of aryl methyl sites for hydroxylation is 1. The Morgan fingerprint density at radius 2 is 1.97 bits per heavy atom. The van der Waals surface area contributed by atoms with Crippen LogP contribution in [0.15, 0.2) is 53.8 Å². The summed E-state index contributed by atoms with van der Waals surface area (Å²) < 4.78 is 2.19. The molecule has 0 saturated heterocycles. The Bertz CT molecular complexity index is 1360. The molecule has 0 spiro atoms. The first-order valence-electron chi connectivity index (χ1n) is 13.3. The molecule has 2 aliphatic rings. The summed E-state index contributed by atoms with van der Waals surface area (Å²) in [5.41, 5.74) is 9.11. The van der Waals surface area contributed by atoms with Gasteiger partial charge in [0, 0.05) is 41.4 Å². The molecule has 36 heavy (non-hydrogen) atoms. The zero-order valence-electron chi connectivity index (χ0n) is 22.3. The molecule has 0 unspecified atom stereocenters. The van der Waals surface area contributed by atoms with E-state index in [1.807, 2.05) is 12.3 Å². The maximum atomic E-state index is 12.9. The van der Waals surface area contributed by atoms with E-state index in [4.69, 9.17) is 9.98 Å². The van der Waals surface area contributed by atoms with E-state index in [-0.39, 0.29) is 11.3 Å². The van der Waals surface area contributed by atoms with Gasteiger partial charge in [-0.05, 0) is 59.9 Å². The van der Waals surface area contributed by atoms with E-state index in [9.17, 15) is 4.79 Å². The first-order chi connectivity index (χ1) is 17.2. The van der Waals surface area contributed by atoms with E-state index >= 15 is 0 Å². The third-order valence-electron chi connectivity index (χ3n) is 7.71. The molecule has 1 N–H and O–H groups in total. The lowest BCUT2D eigenvalue weighted by Crippen LogP contribution is -2.26. The van der Waals surface area contributed by atoms with Crippen LogP contribution in [0.2, 0.25) is 0 Å². The predicted molar refractivity (Wildman–Crippen MR) is 148 cm³/mol. The summed E-state index contributed by atoms with van der Waals surface area (Å²) in [5.74, 6) is 0.0452. The van der Waals surface area contributed by atoms with E-state index in [1.165, 1.54) is 29.5 Å². The number of allylic oxidation sites excluding steroid dienone is 1. The minimum atomic E-state index is -0.00938. The van der Waals surface area contributed by atoms with Crippen LogP contribution in [0.4, 0.5) is 0 Å². The molecule has 1 aliphatic carbocycles. The fraction of sp³-hybridized carbons (Fsp3) is 0.452. The van der Waals surface area contributed by atoms with E-state index < -0.39 is 0 Å². The Labute approximate surface area is 214 Å². The highest BCUT2D eigenvalue weighted by molar-refractivity contribution is 6.27. The number of fused-ring (bicyclic) bond motifs is 1. The SMILES string of the molecule is CCc1cc(Cc2cccn3c(C4=CCN=C4C(C)(C)C)cnc23)ccc1C(=O)NCCC1(C)CC1. The molecule has 1 aromatic carbocycles. The highest BCUT2D eigenvalue weighted by Crippen LogP contribution is 2.47. The van der Waals surface area contributed by atoms with Crippen molar-refractivity contribution in [1.29, 1.82) is 0 Å². The Kier molecular flexibility index (Phi) is 6.36. The molecular formula is C31H38N4O. The standard InChI is InChI=1S/C31H38N4O/c1-6-22-18-21(9-10-24(22)29(36)33-16-14-31(5)12-13-31)19-23-8-7-17-35-26(20-34-28(23)35)25-11-15-32-27(25)30(2,3)4/h7-11,17-18,20H,6,12-16,19H2,1-5H3,(H,33,36). The number of amides is 1. The van der Waals surface area contributed by atoms with E-state index in [0.717, 1.165) is 60.5 Å². The topological polar surface area (TPSA) is 58.8 Å². The zero-order chi connectivity index (χ0) is 25.5. The Hall–Kier alpha value is -3.21. The number of hydrogen-bond donors (Lipinski definition) is 1. The van der Waals surface area contributed by atoms with Gasteiger partial charge in [-0.15, -0.1) is 0 Å². The number of aliphatic imine (C=N–C) groups is 1. The molecule has 3 heterocycles. The molecule has 1 saturated carbocycles. The van der Waals surface area contributed by atoms with Crippen LogP contribution in [0.5, 0.6) is 0 Å². The maximum Gasteiger partial charge on any atom is 0.251 e. The molecule has 1 fully saturated rings. The van der Waals surface area contributed by atoms with Crippen molar-refractivity contribution in [3.63, 3.8) is 0 Å². The Balaban J connectivity index is 1.36. The second-order valence-corrected chi connectivity index (χ2v) is 11.8. The van der Waals surface area contributed by atoms with E-state index in [1.54, 1.807) is 0 Å². The third kappa shape index (κ3) is 4.88.